The number of benzene rings is 1. The first-order valence-electron chi connectivity index (χ1n) is 7.70. The first-order valence-corrected chi connectivity index (χ1v) is 9.22. The number of aromatic nitrogens is 3. The molecule has 0 aliphatic rings. The molecule has 1 amide bonds. The van der Waals surface area contributed by atoms with Crippen LogP contribution < -0.4 is 5.32 Å². The van der Waals surface area contributed by atoms with E-state index in [2.05, 4.69) is 53.7 Å². The van der Waals surface area contributed by atoms with Crippen molar-refractivity contribution < 1.29 is 4.79 Å². The van der Waals surface area contributed by atoms with Gasteiger partial charge in [-0.25, -0.2) is 4.68 Å². The molecule has 2 heterocycles. The van der Waals surface area contributed by atoms with Gasteiger partial charge >= 0.3 is 0 Å². The Balaban J connectivity index is 2.12. The zero-order valence-corrected chi connectivity index (χ0v) is 16.0. The fourth-order valence-corrected chi connectivity index (χ4v) is 2.60. The van der Waals surface area contributed by atoms with Crippen LogP contribution in [0.1, 0.15) is 26.5 Å². The van der Waals surface area contributed by atoms with Gasteiger partial charge in [0.15, 0.2) is 0 Å². The van der Waals surface area contributed by atoms with Gasteiger partial charge in [0, 0.05) is 23.1 Å². The number of amides is 1. The van der Waals surface area contributed by atoms with Crippen LogP contribution in [0.15, 0.2) is 42.6 Å². The van der Waals surface area contributed by atoms with Crippen molar-refractivity contribution >= 4 is 45.2 Å². The Bertz CT molecular complexity index is 895. The molecule has 0 spiro atoms. The lowest BCUT2D eigenvalue weighted by Crippen LogP contribution is -2.15. The lowest BCUT2D eigenvalue weighted by Gasteiger charge is -2.14. The molecule has 0 aliphatic carbocycles. The number of carbonyl (C=O) groups excluding carboxylic acids is 1. The number of alkyl halides is 1. The smallest absolute Gasteiger partial charge is 0.235 e. The van der Waals surface area contributed by atoms with Gasteiger partial charge < -0.3 is 5.32 Å². The van der Waals surface area contributed by atoms with E-state index in [9.17, 15) is 4.79 Å². The molecule has 5 nitrogen and oxygen atoms in total. The van der Waals surface area contributed by atoms with Gasteiger partial charge in [0.05, 0.1) is 21.3 Å². The maximum atomic E-state index is 11.9. The Labute approximate surface area is 154 Å². The van der Waals surface area contributed by atoms with Crippen LogP contribution in [-0.4, -0.2) is 25.1 Å². The second-order valence-corrected chi connectivity index (χ2v) is 7.40. The summed E-state index contributed by atoms with van der Waals surface area (Å²) in [6.07, 6.45) is 1.78. The van der Waals surface area contributed by atoms with Crippen molar-refractivity contribution in [2.75, 3.05) is 9.74 Å². The Morgan fingerprint density at radius 2 is 2.04 bits per heavy atom. The molecule has 3 aromatic rings. The summed E-state index contributed by atoms with van der Waals surface area (Å²) in [5, 5.41) is 8.70. The summed E-state index contributed by atoms with van der Waals surface area (Å²) >= 11 is 2.05. The minimum absolute atomic E-state index is 0.0420. The highest BCUT2D eigenvalue weighted by Gasteiger charge is 2.21. The number of hydrogen-bond donors (Lipinski definition) is 1. The van der Waals surface area contributed by atoms with Gasteiger partial charge in [-0.3, -0.25) is 9.78 Å². The quantitative estimate of drug-likeness (QED) is 0.499. The zero-order valence-electron chi connectivity index (χ0n) is 13.9. The van der Waals surface area contributed by atoms with E-state index in [1.807, 2.05) is 36.4 Å². The van der Waals surface area contributed by atoms with Crippen LogP contribution in [0, 0.1) is 0 Å². The average Bonchev–Trinajstić information content (AvgIpc) is 2.98. The van der Waals surface area contributed by atoms with Crippen LogP contribution in [0.5, 0.6) is 0 Å². The van der Waals surface area contributed by atoms with Crippen LogP contribution in [0.2, 0.25) is 0 Å². The molecule has 1 N–H and O–H groups in total. The van der Waals surface area contributed by atoms with Gasteiger partial charge in [-0.05, 0) is 24.3 Å². The van der Waals surface area contributed by atoms with Crippen molar-refractivity contribution in [1.82, 2.24) is 14.8 Å². The standard InChI is InChI=1S/C18H19IN4O/c1-18(2,3)15-10-16(21-17(24)11-19)23(22-15)13-6-7-14-12(9-13)5-4-8-20-14/h4-10H,11H2,1-3H3,(H,21,24). The molecule has 0 radical (unpaired) electrons. The summed E-state index contributed by atoms with van der Waals surface area (Å²) in [5.41, 5.74) is 2.66. The maximum Gasteiger partial charge on any atom is 0.235 e. The van der Waals surface area contributed by atoms with E-state index >= 15 is 0 Å². The predicted molar refractivity (Wildman–Crippen MR) is 105 cm³/mol. The second-order valence-electron chi connectivity index (χ2n) is 6.64. The molecule has 6 heteroatoms. The van der Waals surface area contributed by atoms with E-state index < -0.39 is 0 Å². The van der Waals surface area contributed by atoms with Crippen LogP contribution in [-0.2, 0) is 10.2 Å². The van der Waals surface area contributed by atoms with Crippen molar-refractivity contribution in [2.24, 2.45) is 0 Å². The summed E-state index contributed by atoms with van der Waals surface area (Å²) in [5.74, 6) is 0.643. The predicted octanol–water partition coefficient (Wildman–Crippen LogP) is 4.09. The number of rotatable bonds is 3. The van der Waals surface area contributed by atoms with E-state index in [0.717, 1.165) is 22.3 Å². The van der Waals surface area contributed by atoms with E-state index in [4.69, 9.17) is 5.10 Å². The summed E-state index contributed by atoms with van der Waals surface area (Å²) in [7, 11) is 0. The van der Waals surface area contributed by atoms with Crippen molar-refractivity contribution in [3.8, 4) is 5.69 Å². The van der Waals surface area contributed by atoms with Crippen molar-refractivity contribution in [1.29, 1.82) is 0 Å². The van der Waals surface area contributed by atoms with Gasteiger partial charge in [-0.15, -0.1) is 0 Å². The topological polar surface area (TPSA) is 59.8 Å². The molecule has 0 saturated carbocycles. The molecule has 0 aliphatic heterocycles. The van der Waals surface area contributed by atoms with Gasteiger partial charge in [-0.1, -0.05) is 49.4 Å². The van der Waals surface area contributed by atoms with Crippen LogP contribution in [0.3, 0.4) is 0 Å². The molecule has 0 saturated heterocycles. The van der Waals surface area contributed by atoms with E-state index in [1.165, 1.54) is 0 Å². The molecule has 2 aromatic heterocycles. The van der Waals surface area contributed by atoms with Crippen LogP contribution >= 0.6 is 22.6 Å². The number of fused-ring (bicyclic) bond motifs is 1. The monoisotopic (exact) mass is 434 g/mol. The highest BCUT2D eigenvalue weighted by Crippen LogP contribution is 2.27. The largest absolute Gasteiger partial charge is 0.310 e. The molecule has 3 rings (SSSR count). The molecule has 0 fully saturated rings. The fraction of sp³-hybridized carbons (Fsp3) is 0.278. The van der Waals surface area contributed by atoms with E-state index in [-0.39, 0.29) is 11.3 Å². The van der Waals surface area contributed by atoms with Gasteiger partial charge in [-0.2, -0.15) is 5.10 Å². The summed E-state index contributed by atoms with van der Waals surface area (Å²) in [6, 6.07) is 11.8. The lowest BCUT2D eigenvalue weighted by atomic mass is 9.92. The Kier molecular flexibility index (Phi) is 4.58. The number of pyridine rings is 1. The van der Waals surface area contributed by atoms with Crippen molar-refractivity contribution in [3.05, 3.63) is 48.3 Å². The Hall–Kier alpha value is -1.96. The summed E-state index contributed by atoms with van der Waals surface area (Å²) in [6.45, 7) is 6.32. The van der Waals surface area contributed by atoms with E-state index in [0.29, 0.717) is 10.2 Å². The minimum Gasteiger partial charge on any atom is -0.310 e. The fourth-order valence-electron chi connectivity index (χ4n) is 2.40. The number of hydrogen-bond acceptors (Lipinski definition) is 3. The SMILES string of the molecule is CC(C)(C)c1cc(NC(=O)CI)n(-c2ccc3ncccc3c2)n1. The van der Waals surface area contributed by atoms with E-state index in [1.54, 1.807) is 10.9 Å². The van der Waals surface area contributed by atoms with Crippen molar-refractivity contribution in [2.45, 2.75) is 26.2 Å². The summed E-state index contributed by atoms with van der Waals surface area (Å²) in [4.78, 5) is 16.2. The first kappa shape index (κ1) is 16.9. The highest BCUT2D eigenvalue weighted by molar-refractivity contribution is 14.1. The number of nitrogens with one attached hydrogen (secondary N) is 1. The first-order chi connectivity index (χ1) is 11.4. The molecule has 0 bridgehead atoms. The molecular weight excluding hydrogens is 415 g/mol. The lowest BCUT2D eigenvalue weighted by molar-refractivity contribution is -0.113. The van der Waals surface area contributed by atoms with Crippen LogP contribution in [0.4, 0.5) is 5.82 Å². The molecule has 0 atom stereocenters. The molecule has 1 aromatic carbocycles. The number of carbonyl (C=O) groups is 1. The van der Waals surface area contributed by atoms with Gasteiger partial charge in [0.1, 0.15) is 5.82 Å². The number of nitrogens with zero attached hydrogens (tertiary/aromatic N) is 3. The van der Waals surface area contributed by atoms with Crippen molar-refractivity contribution in [3.63, 3.8) is 0 Å². The minimum atomic E-state index is -0.104. The second kappa shape index (κ2) is 6.51. The average molecular weight is 434 g/mol. The maximum absolute atomic E-state index is 11.9. The summed E-state index contributed by atoms with van der Waals surface area (Å²) < 4.78 is 2.19. The Morgan fingerprint density at radius 1 is 1.25 bits per heavy atom. The Morgan fingerprint density at radius 3 is 2.75 bits per heavy atom. The third-order valence-corrected chi connectivity index (χ3v) is 4.39. The molecule has 124 valence electrons. The number of halogens is 1. The third kappa shape index (κ3) is 3.43. The van der Waals surface area contributed by atoms with Gasteiger partial charge in [0.2, 0.25) is 5.91 Å². The molecule has 24 heavy (non-hydrogen) atoms. The van der Waals surface area contributed by atoms with Crippen LogP contribution in [0.25, 0.3) is 16.6 Å². The highest BCUT2D eigenvalue weighted by atomic mass is 127. The molecule has 0 unspecified atom stereocenters. The zero-order chi connectivity index (χ0) is 17.3. The molecular formula is C18H19IN4O. The third-order valence-electron chi connectivity index (χ3n) is 3.70. The van der Waals surface area contributed by atoms with Gasteiger partial charge in [0.25, 0.3) is 0 Å². The number of anilines is 1. The normalized spacial score (nSPS) is 11.7.